The van der Waals surface area contributed by atoms with Crippen molar-refractivity contribution in [1.29, 1.82) is 0 Å². The fourth-order valence-corrected chi connectivity index (χ4v) is 1.45. The van der Waals surface area contributed by atoms with Gasteiger partial charge in [0.05, 0.1) is 12.7 Å². The molecule has 0 saturated carbocycles. The lowest BCUT2D eigenvalue weighted by molar-refractivity contribution is 0.643. The maximum Gasteiger partial charge on any atom is 0.164 e. The molecule has 0 aromatic carbocycles. The summed E-state index contributed by atoms with van der Waals surface area (Å²) in [6.45, 7) is 4.44. The Morgan fingerprint density at radius 1 is 1.38 bits per heavy atom. The average Bonchev–Trinajstić information content (AvgIpc) is 2.88. The van der Waals surface area contributed by atoms with Gasteiger partial charge in [0.1, 0.15) is 6.33 Å². The molecule has 0 fully saturated rings. The van der Waals surface area contributed by atoms with Gasteiger partial charge in [-0.2, -0.15) is 10.2 Å². The minimum atomic E-state index is 0.679. The lowest BCUT2D eigenvalue weighted by Gasteiger charge is -1.98. The van der Waals surface area contributed by atoms with Gasteiger partial charge in [0, 0.05) is 31.9 Å². The Labute approximate surface area is 94.3 Å². The summed E-state index contributed by atoms with van der Waals surface area (Å²) in [5.74, 6) is 0.811. The molecule has 6 nitrogen and oxygen atoms in total. The molecule has 0 bridgehead atoms. The fraction of sp³-hybridized carbons (Fsp3) is 0.500. The highest BCUT2D eigenvalue weighted by molar-refractivity contribution is 5.03. The quantitative estimate of drug-likeness (QED) is 0.788. The summed E-state index contributed by atoms with van der Waals surface area (Å²) in [7, 11) is 1.86. The number of rotatable bonds is 5. The number of nitrogens with one attached hydrogen (secondary N) is 1. The Bertz CT molecular complexity index is 444. The van der Waals surface area contributed by atoms with Crippen molar-refractivity contribution in [3.63, 3.8) is 0 Å². The molecule has 16 heavy (non-hydrogen) atoms. The molecule has 0 unspecified atom stereocenters. The molecular weight excluding hydrogens is 204 g/mol. The van der Waals surface area contributed by atoms with Crippen molar-refractivity contribution < 1.29 is 0 Å². The molecule has 0 aliphatic carbocycles. The van der Waals surface area contributed by atoms with Gasteiger partial charge >= 0.3 is 0 Å². The van der Waals surface area contributed by atoms with Crippen LogP contribution in [0.4, 0.5) is 0 Å². The van der Waals surface area contributed by atoms with E-state index in [1.54, 1.807) is 11.0 Å². The van der Waals surface area contributed by atoms with Crippen LogP contribution in [-0.2, 0) is 26.7 Å². The molecule has 2 aromatic heterocycles. The average molecular weight is 220 g/mol. The Hall–Kier alpha value is -1.69. The fourth-order valence-electron chi connectivity index (χ4n) is 1.45. The first kappa shape index (κ1) is 10.8. The van der Waals surface area contributed by atoms with E-state index in [0.29, 0.717) is 6.54 Å². The van der Waals surface area contributed by atoms with E-state index in [4.69, 9.17) is 0 Å². The Balaban J connectivity index is 1.79. The minimum absolute atomic E-state index is 0.679. The van der Waals surface area contributed by atoms with Gasteiger partial charge in [-0.15, -0.1) is 0 Å². The summed E-state index contributed by atoms with van der Waals surface area (Å²) in [6.07, 6.45) is 5.62. The maximum atomic E-state index is 4.21. The van der Waals surface area contributed by atoms with Crippen LogP contribution < -0.4 is 5.32 Å². The van der Waals surface area contributed by atoms with E-state index in [1.165, 1.54) is 5.56 Å². The predicted octanol–water partition coefficient (Wildman–Crippen LogP) is 0.321. The van der Waals surface area contributed by atoms with Gasteiger partial charge in [-0.1, -0.05) is 0 Å². The monoisotopic (exact) mass is 220 g/mol. The van der Waals surface area contributed by atoms with Gasteiger partial charge in [0.2, 0.25) is 0 Å². The number of nitrogens with zero attached hydrogens (tertiary/aromatic N) is 5. The van der Waals surface area contributed by atoms with E-state index in [1.807, 2.05) is 24.1 Å². The normalized spacial score (nSPS) is 10.9. The van der Waals surface area contributed by atoms with Gasteiger partial charge in [0.25, 0.3) is 0 Å². The zero-order valence-corrected chi connectivity index (χ0v) is 9.59. The van der Waals surface area contributed by atoms with E-state index >= 15 is 0 Å². The third-order valence-corrected chi connectivity index (χ3v) is 2.27. The van der Waals surface area contributed by atoms with Gasteiger partial charge in [0.15, 0.2) is 5.82 Å². The molecule has 0 saturated heterocycles. The van der Waals surface area contributed by atoms with Crippen LogP contribution in [0, 0.1) is 0 Å². The van der Waals surface area contributed by atoms with E-state index in [2.05, 4.69) is 27.4 Å². The third-order valence-electron chi connectivity index (χ3n) is 2.27. The van der Waals surface area contributed by atoms with Crippen molar-refractivity contribution in [3.8, 4) is 0 Å². The van der Waals surface area contributed by atoms with Gasteiger partial charge in [-0.3, -0.25) is 9.36 Å². The Morgan fingerprint density at radius 3 is 2.88 bits per heavy atom. The highest BCUT2D eigenvalue weighted by atomic mass is 15.3. The summed E-state index contributed by atoms with van der Waals surface area (Å²) in [5, 5.41) is 11.7. The van der Waals surface area contributed by atoms with Gasteiger partial charge in [-0.05, 0) is 6.92 Å². The van der Waals surface area contributed by atoms with E-state index < -0.39 is 0 Å². The van der Waals surface area contributed by atoms with Crippen LogP contribution in [-0.4, -0.2) is 24.5 Å². The summed E-state index contributed by atoms with van der Waals surface area (Å²) >= 11 is 0. The van der Waals surface area contributed by atoms with Crippen LogP contribution in [0.2, 0.25) is 0 Å². The lowest BCUT2D eigenvalue weighted by atomic mass is 10.3. The summed E-state index contributed by atoms with van der Waals surface area (Å²) in [6, 6.07) is 0. The number of hydrogen-bond acceptors (Lipinski definition) is 4. The van der Waals surface area contributed by atoms with Crippen molar-refractivity contribution in [2.75, 3.05) is 0 Å². The molecule has 86 valence electrons. The topological polar surface area (TPSA) is 60.6 Å². The van der Waals surface area contributed by atoms with Crippen LogP contribution in [0.1, 0.15) is 18.3 Å². The predicted molar refractivity (Wildman–Crippen MR) is 59.4 cm³/mol. The van der Waals surface area contributed by atoms with Crippen LogP contribution in [0.3, 0.4) is 0 Å². The van der Waals surface area contributed by atoms with E-state index in [0.717, 1.165) is 18.9 Å². The van der Waals surface area contributed by atoms with Crippen LogP contribution in [0.15, 0.2) is 18.7 Å². The van der Waals surface area contributed by atoms with Crippen LogP contribution in [0.25, 0.3) is 0 Å². The molecule has 0 aliphatic rings. The molecule has 2 aromatic rings. The minimum Gasteiger partial charge on any atom is -0.306 e. The molecule has 0 spiro atoms. The van der Waals surface area contributed by atoms with Crippen molar-refractivity contribution in [3.05, 3.63) is 30.1 Å². The second kappa shape index (κ2) is 4.89. The van der Waals surface area contributed by atoms with E-state index in [-0.39, 0.29) is 0 Å². The first-order valence-corrected chi connectivity index (χ1v) is 5.34. The molecule has 6 heteroatoms. The molecule has 0 atom stereocenters. The van der Waals surface area contributed by atoms with Crippen LogP contribution in [0.5, 0.6) is 0 Å². The number of hydrogen-bond donors (Lipinski definition) is 1. The second-order valence-electron chi connectivity index (χ2n) is 3.64. The van der Waals surface area contributed by atoms with Crippen LogP contribution >= 0.6 is 0 Å². The molecular formula is C10H16N6. The SMILES string of the molecule is CCn1cc(CNCc2ncn(C)n2)cn1. The molecule has 0 aliphatic heterocycles. The largest absolute Gasteiger partial charge is 0.306 e. The molecule has 0 amide bonds. The first-order chi connectivity index (χ1) is 7.78. The summed E-state index contributed by atoms with van der Waals surface area (Å²) in [4.78, 5) is 4.14. The second-order valence-corrected chi connectivity index (χ2v) is 3.64. The van der Waals surface area contributed by atoms with Gasteiger partial charge < -0.3 is 5.32 Å². The van der Waals surface area contributed by atoms with Crippen molar-refractivity contribution in [2.24, 2.45) is 7.05 Å². The number of aromatic nitrogens is 5. The zero-order valence-electron chi connectivity index (χ0n) is 9.59. The molecule has 0 radical (unpaired) electrons. The van der Waals surface area contributed by atoms with Crippen molar-refractivity contribution >= 4 is 0 Å². The number of aryl methyl sites for hydroxylation is 2. The zero-order chi connectivity index (χ0) is 11.4. The molecule has 1 N–H and O–H groups in total. The summed E-state index contributed by atoms with van der Waals surface area (Å²) in [5.41, 5.74) is 1.18. The highest BCUT2D eigenvalue weighted by Crippen LogP contribution is 1.97. The molecule has 2 heterocycles. The highest BCUT2D eigenvalue weighted by Gasteiger charge is 2.00. The van der Waals surface area contributed by atoms with E-state index in [9.17, 15) is 0 Å². The summed E-state index contributed by atoms with van der Waals surface area (Å²) < 4.78 is 3.61. The maximum absolute atomic E-state index is 4.21. The van der Waals surface area contributed by atoms with Crippen molar-refractivity contribution in [1.82, 2.24) is 29.9 Å². The van der Waals surface area contributed by atoms with Crippen molar-refractivity contribution in [2.45, 2.75) is 26.6 Å². The third kappa shape index (κ3) is 2.66. The lowest BCUT2D eigenvalue weighted by Crippen LogP contribution is -2.13. The van der Waals surface area contributed by atoms with Gasteiger partial charge in [-0.25, -0.2) is 4.98 Å². The smallest absolute Gasteiger partial charge is 0.164 e. The molecule has 2 rings (SSSR count). The Morgan fingerprint density at radius 2 is 2.25 bits per heavy atom. The standard InChI is InChI=1S/C10H16N6/c1-3-16-7-9(5-13-16)4-11-6-10-12-8-15(2)14-10/h5,7-8,11H,3-4,6H2,1-2H3. The Kier molecular flexibility index (Phi) is 3.31. The first-order valence-electron chi connectivity index (χ1n) is 5.34.